The van der Waals surface area contributed by atoms with Gasteiger partial charge in [-0.2, -0.15) is 0 Å². The van der Waals surface area contributed by atoms with Crippen molar-refractivity contribution in [1.29, 1.82) is 0 Å². The number of aromatic hydroxyl groups is 1. The number of likely N-dealkylation sites (tertiary alicyclic amines) is 1. The number of phenols is 1. The molecule has 0 saturated carbocycles. The Hall–Kier alpha value is -1.80. The van der Waals surface area contributed by atoms with Gasteiger partial charge in [0.05, 0.1) is 29.7 Å². The first kappa shape index (κ1) is 15.6. The van der Waals surface area contributed by atoms with Crippen molar-refractivity contribution in [2.45, 2.75) is 18.9 Å². The number of nitro groups is 1. The van der Waals surface area contributed by atoms with Crippen LogP contribution in [0.2, 0.25) is 0 Å². The third kappa shape index (κ3) is 2.96. The van der Waals surface area contributed by atoms with E-state index in [4.69, 9.17) is 29.2 Å². The molecule has 0 aromatic heterocycles. The van der Waals surface area contributed by atoms with Crippen LogP contribution in [0.25, 0.3) is 0 Å². The van der Waals surface area contributed by atoms with Gasteiger partial charge in [-0.15, -0.1) is 0 Å². The molecule has 21 heavy (non-hydrogen) atoms. The molecule has 0 aliphatic carbocycles. The quantitative estimate of drug-likeness (QED) is 0.517. The Morgan fingerprint density at radius 1 is 1.62 bits per heavy atom. The van der Waals surface area contributed by atoms with Gasteiger partial charge in [0.25, 0.3) is 5.69 Å². The van der Waals surface area contributed by atoms with Crippen LogP contribution in [0.3, 0.4) is 0 Å². The van der Waals surface area contributed by atoms with Gasteiger partial charge in [0.1, 0.15) is 4.99 Å². The van der Waals surface area contributed by atoms with Gasteiger partial charge in [0.15, 0.2) is 11.5 Å². The van der Waals surface area contributed by atoms with Crippen molar-refractivity contribution in [1.82, 2.24) is 4.90 Å². The third-order valence-corrected chi connectivity index (χ3v) is 4.21. The van der Waals surface area contributed by atoms with Crippen LogP contribution in [0.15, 0.2) is 12.1 Å². The summed E-state index contributed by atoms with van der Waals surface area (Å²) in [6.07, 6.45) is 1.81. The highest BCUT2D eigenvalue weighted by molar-refractivity contribution is 7.80. The predicted molar refractivity (Wildman–Crippen MR) is 86.4 cm³/mol. The molecule has 2 rings (SSSR count). The summed E-state index contributed by atoms with van der Waals surface area (Å²) in [5, 5.41) is 22.5. The van der Waals surface area contributed by atoms with Crippen molar-refractivity contribution in [3.8, 4) is 11.5 Å². The lowest BCUT2D eigenvalue weighted by Gasteiger charge is -2.24. The van der Waals surface area contributed by atoms with Crippen LogP contribution in [0.1, 0.15) is 18.4 Å². The number of phenolic OH excluding ortho intramolecular Hbond substituents is 1. The Balaban J connectivity index is 2.48. The molecule has 1 aromatic carbocycles. The number of benzene rings is 1. The van der Waals surface area contributed by atoms with Crippen molar-refractivity contribution in [3.63, 3.8) is 0 Å². The molecule has 0 spiro atoms. The summed E-state index contributed by atoms with van der Waals surface area (Å²) in [7, 11) is 1.38. The molecular formula is C13H14N2O4S2. The largest absolute Gasteiger partial charge is 0.504 e. The molecule has 112 valence electrons. The van der Waals surface area contributed by atoms with E-state index in [1.54, 1.807) is 5.37 Å². The number of nitrogens with zero attached hydrogens (tertiary/aromatic N) is 2. The Morgan fingerprint density at radius 2 is 2.33 bits per heavy atom. The molecular weight excluding hydrogens is 312 g/mol. The first-order valence-corrected chi connectivity index (χ1v) is 7.19. The van der Waals surface area contributed by atoms with Gasteiger partial charge in [-0.25, -0.2) is 0 Å². The summed E-state index contributed by atoms with van der Waals surface area (Å²) >= 11 is 10.4. The van der Waals surface area contributed by atoms with Crippen LogP contribution in [-0.4, -0.2) is 45.0 Å². The molecule has 1 aliphatic rings. The van der Waals surface area contributed by atoms with E-state index < -0.39 is 4.92 Å². The molecule has 1 aromatic rings. The summed E-state index contributed by atoms with van der Waals surface area (Å²) < 4.78 is 5.01. The van der Waals surface area contributed by atoms with E-state index in [-0.39, 0.29) is 28.8 Å². The maximum atomic E-state index is 11.2. The van der Waals surface area contributed by atoms with Gasteiger partial charge < -0.3 is 14.7 Å². The van der Waals surface area contributed by atoms with E-state index in [2.05, 4.69) is 0 Å². The fraction of sp³-hybridized carbons (Fsp3) is 0.385. The summed E-state index contributed by atoms with van der Waals surface area (Å²) in [5.41, 5.74) is 0.0155. The molecule has 1 atom stereocenters. The molecule has 8 heteroatoms. The van der Waals surface area contributed by atoms with E-state index in [9.17, 15) is 15.2 Å². The highest BCUT2D eigenvalue weighted by Gasteiger charge is 2.30. The van der Waals surface area contributed by atoms with Crippen LogP contribution in [0.4, 0.5) is 5.69 Å². The molecule has 0 amide bonds. The van der Waals surface area contributed by atoms with Crippen molar-refractivity contribution >= 4 is 40.5 Å². The van der Waals surface area contributed by atoms with Crippen molar-refractivity contribution in [3.05, 3.63) is 27.8 Å². The minimum atomic E-state index is -0.566. The normalized spacial score (nSPS) is 17.6. The van der Waals surface area contributed by atoms with E-state index in [1.165, 1.54) is 13.2 Å². The molecule has 0 bridgehead atoms. The number of nitro benzene ring substituents is 1. The zero-order chi connectivity index (χ0) is 15.6. The second-order valence-corrected chi connectivity index (χ2v) is 5.30. The van der Waals surface area contributed by atoms with Gasteiger partial charge >= 0.3 is 0 Å². The highest BCUT2D eigenvalue weighted by atomic mass is 32.1. The zero-order valence-corrected chi connectivity index (χ0v) is 12.9. The average Bonchev–Trinajstić information content (AvgIpc) is 2.94. The zero-order valence-electron chi connectivity index (χ0n) is 11.3. The van der Waals surface area contributed by atoms with Gasteiger partial charge in [-0.05, 0) is 12.8 Å². The lowest BCUT2D eigenvalue weighted by atomic mass is 10.1. The molecule has 1 heterocycles. The van der Waals surface area contributed by atoms with Gasteiger partial charge in [-0.1, -0.05) is 24.4 Å². The number of ether oxygens (including phenoxy) is 1. The summed E-state index contributed by atoms with van der Waals surface area (Å²) in [5.74, 6) is -0.139. The average molecular weight is 326 g/mol. The van der Waals surface area contributed by atoms with Crippen molar-refractivity contribution in [2.24, 2.45) is 0 Å². The van der Waals surface area contributed by atoms with Crippen LogP contribution in [0, 0.1) is 10.1 Å². The van der Waals surface area contributed by atoms with E-state index in [1.807, 2.05) is 4.90 Å². The van der Waals surface area contributed by atoms with Crippen LogP contribution in [0.5, 0.6) is 11.5 Å². The Kier molecular flexibility index (Phi) is 4.69. The van der Waals surface area contributed by atoms with Crippen LogP contribution >= 0.6 is 24.4 Å². The minimum absolute atomic E-state index is 0.00639. The summed E-state index contributed by atoms with van der Waals surface area (Å²) in [4.78, 5) is 12.9. The molecule has 1 N–H and O–H groups in total. The molecule has 1 aliphatic heterocycles. The standard InChI is InChI=1S/C13H14N2O4S2/c1-19-12-5-9(10(15(17)18)6-11(12)16)13(21)14-4-2-3-8(14)7-20/h5-8,16H,2-4H2,1H3/t8-/m0/s1. The van der Waals surface area contributed by atoms with Gasteiger partial charge in [0.2, 0.25) is 0 Å². The number of rotatable bonds is 4. The van der Waals surface area contributed by atoms with E-state index in [0.29, 0.717) is 11.5 Å². The van der Waals surface area contributed by atoms with Crippen LogP contribution in [-0.2, 0) is 0 Å². The smallest absolute Gasteiger partial charge is 0.283 e. The molecule has 1 saturated heterocycles. The fourth-order valence-electron chi connectivity index (χ4n) is 2.38. The van der Waals surface area contributed by atoms with E-state index >= 15 is 0 Å². The first-order valence-electron chi connectivity index (χ1n) is 6.31. The van der Waals surface area contributed by atoms with Crippen molar-refractivity contribution < 1.29 is 14.8 Å². The number of thiocarbonyl (C=S) groups is 2. The third-order valence-electron chi connectivity index (χ3n) is 3.44. The summed E-state index contributed by atoms with van der Waals surface area (Å²) in [6, 6.07) is 2.46. The monoisotopic (exact) mass is 326 g/mol. The summed E-state index contributed by atoms with van der Waals surface area (Å²) in [6.45, 7) is 0.705. The van der Waals surface area contributed by atoms with Gasteiger partial charge in [0, 0.05) is 18.0 Å². The maximum absolute atomic E-state index is 11.2. The molecule has 6 nitrogen and oxygen atoms in total. The highest BCUT2D eigenvalue weighted by Crippen LogP contribution is 2.35. The first-order chi connectivity index (χ1) is 9.99. The molecule has 1 fully saturated rings. The Morgan fingerprint density at radius 3 is 2.90 bits per heavy atom. The molecule has 0 unspecified atom stereocenters. The number of hydrogen-bond acceptors (Lipinski definition) is 6. The lowest BCUT2D eigenvalue weighted by molar-refractivity contribution is -0.385. The van der Waals surface area contributed by atoms with Gasteiger partial charge in [-0.3, -0.25) is 10.1 Å². The number of hydrogen-bond donors (Lipinski definition) is 1. The second kappa shape index (κ2) is 6.31. The van der Waals surface area contributed by atoms with E-state index in [0.717, 1.165) is 18.9 Å². The second-order valence-electron chi connectivity index (χ2n) is 4.64. The minimum Gasteiger partial charge on any atom is -0.504 e. The van der Waals surface area contributed by atoms with Crippen molar-refractivity contribution in [2.75, 3.05) is 13.7 Å². The topological polar surface area (TPSA) is 75.8 Å². The number of methoxy groups -OCH3 is 1. The lowest BCUT2D eigenvalue weighted by Crippen LogP contribution is -2.35. The molecule has 0 radical (unpaired) electrons. The SMILES string of the molecule is COc1cc(C(=S)N2CCC[C@H]2C=S)c([N+](=O)[O-])cc1O. The Bertz CT molecular complexity index is 606. The Labute approximate surface area is 132 Å². The fourth-order valence-corrected chi connectivity index (χ4v) is 3.06. The predicted octanol–water partition coefficient (Wildman–Crippen LogP) is 2.45. The van der Waals surface area contributed by atoms with Crippen LogP contribution < -0.4 is 4.74 Å². The maximum Gasteiger partial charge on any atom is 0.283 e.